The Kier molecular flexibility index (Phi) is 6.10. The van der Waals surface area contributed by atoms with Crippen molar-refractivity contribution in [3.63, 3.8) is 0 Å². The number of carbonyl (C=O) groups excluding carboxylic acids is 3. The molecule has 0 aliphatic carbocycles. The van der Waals surface area contributed by atoms with Crippen molar-refractivity contribution in [2.24, 2.45) is 11.7 Å². The molecule has 1 unspecified atom stereocenters. The molecule has 7 nitrogen and oxygen atoms in total. The fraction of sp³-hybridized carbons (Fsp3) is 0.438. The molecule has 0 aromatic heterocycles. The van der Waals surface area contributed by atoms with Crippen LogP contribution in [0.3, 0.4) is 0 Å². The van der Waals surface area contributed by atoms with E-state index in [1.54, 1.807) is 24.3 Å². The Bertz CT molecular complexity index is 582. The maximum absolute atomic E-state index is 12.3. The second kappa shape index (κ2) is 8.28. The zero-order valence-electron chi connectivity index (χ0n) is 12.9. The number of nitrogens with one attached hydrogen (secondary N) is 3. The van der Waals surface area contributed by atoms with Crippen molar-refractivity contribution in [3.8, 4) is 0 Å². The average Bonchev–Trinajstić information content (AvgIpc) is 2.55. The van der Waals surface area contributed by atoms with E-state index < -0.39 is 5.91 Å². The summed E-state index contributed by atoms with van der Waals surface area (Å²) in [5.74, 6) is -0.995. The zero-order valence-corrected chi connectivity index (χ0v) is 12.9. The number of hydrogen-bond acceptors (Lipinski definition) is 4. The molecule has 1 aromatic carbocycles. The number of carbonyl (C=O) groups is 3. The van der Waals surface area contributed by atoms with Gasteiger partial charge in [0.2, 0.25) is 11.8 Å². The standard InChI is InChI=1S/C16H22N4O3/c17-14(21)7-9-19-16(23)12-5-1-2-6-13(12)20-15(22)11-4-3-8-18-10-11/h1-2,5-6,11,18H,3-4,7-10H2,(H2,17,21)(H,19,23)(H,20,22). The van der Waals surface area contributed by atoms with Gasteiger partial charge in [0.25, 0.3) is 5.91 Å². The molecule has 1 heterocycles. The highest BCUT2D eigenvalue weighted by Gasteiger charge is 2.22. The van der Waals surface area contributed by atoms with Crippen molar-refractivity contribution in [1.29, 1.82) is 0 Å². The summed E-state index contributed by atoms with van der Waals surface area (Å²) in [5, 5.41) is 8.64. The van der Waals surface area contributed by atoms with Gasteiger partial charge in [0.1, 0.15) is 0 Å². The van der Waals surface area contributed by atoms with Gasteiger partial charge in [-0.25, -0.2) is 0 Å². The molecule has 0 saturated carbocycles. The maximum atomic E-state index is 12.3. The number of rotatable bonds is 6. The third kappa shape index (κ3) is 5.07. The minimum atomic E-state index is -0.475. The first-order valence-corrected chi connectivity index (χ1v) is 7.75. The summed E-state index contributed by atoms with van der Waals surface area (Å²) in [7, 11) is 0. The molecule has 124 valence electrons. The summed E-state index contributed by atoms with van der Waals surface area (Å²) in [6.07, 6.45) is 1.88. The van der Waals surface area contributed by atoms with Gasteiger partial charge in [-0.1, -0.05) is 12.1 Å². The number of piperidine rings is 1. The molecule has 1 aliphatic heterocycles. The van der Waals surface area contributed by atoms with E-state index in [0.29, 0.717) is 17.8 Å². The smallest absolute Gasteiger partial charge is 0.253 e. The van der Waals surface area contributed by atoms with E-state index in [2.05, 4.69) is 16.0 Å². The van der Waals surface area contributed by atoms with Crippen molar-refractivity contribution in [2.75, 3.05) is 25.0 Å². The molecule has 2 rings (SSSR count). The predicted molar refractivity (Wildman–Crippen MR) is 86.8 cm³/mol. The molecule has 3 amide bonds. The molecule has 1 atom stereocenters. The van der Waals surface area contributed by atoms with Gasteiger partial charge >= 0.3 is 0 Å². The van der Waals surface area contributed by atoms with Crippen LogP contribution >= 0.6 is 0 Å². The maximum Gasteiger partial charge on any atom is 0.253 e. The highest BCUT2D eigenvalue weighted by atomic mass is 16.2. The highest BCUT2D eigenvalue weighted by molar-refractivity contribution is 6.04. The van der Waals surface area contributed by atoms with Crippen LogP contribution in [-0.2, 0) is 9.59 Å². The number of para-hydroxylation sites is 1. The molecular weight excluding hydrogens is 296 g/mol. The van der Waals surface area contributed by atoms with Crippen LogP contribution in [0.5, 0.6) is 0 Å². The molecule has 1 fully saturated rings. The Balaban J connectivity index is 2.00. The van der Waals surface area contributed by atoms with Crippen LogP contribution in [-0.4, -0.2) is 37.4 Å². The quantitative estimate of drug-likeness (QED) is 0.601. The molecule has 1 aromatic rings. The Hall–Kier alpha value is -2.41. The van der Waals surface area contributed by atoms with Gasteiger partial charge < -0.3 is 21.7 Å². The fourth-order valence-corrected chi connectivity index (χ4v) is 2.49. The van der Waals surface area contributed by atoms with Gasteiger partial charge in [0, 0.05) is 19.5 Å². The van der Waals surface area contributed by atoms with Gasteiger partial charge in [0.15, 0.2) is 0 Å². The van der Waals surface area contributed by atoms with E-state index in [1.165, 1.54) is 0 Å². The van der Waals surface area contributed by atoms with Gasteiger partial charge in [-0.15, -0.1) is 0 Å². The molecule has 1 aliphatic rings. The van der Waals surface area contributed by atoms with E-state index in [9.17, 15) is 14.4 Å². The number of anilines is 1. The second-order valence-corrected chi connectivity index (χ2v) is 5.55. The van der Waals surface area contributed by atoms with E-state index in [0.717, 1.165) is 19.4 Å². The van der Waals surface area contributed by atoms with E-state index in [4.69, 9.17) is 5.73 Å². The first kappa shape index (κ1) is 17.0. The fourth-order valence-electron chi connectivity index (χ4n) is 2.49. The van der Waals surface area contributed by atoms with Gasteiger partial charge in [0.05, 0.1) is 17.2 Å². The third-order valence-corrected chi connectivity index (χ3v) is 3.75. The number of benzene rings is 1. The third-order valence-electron chi connectivity index (χ3n) is 3.75. The van der Waals surface area contributed by atoms with Crippen molar-refractivity contribution < 1.29 is 14.4 Å². The van der Waals surface area contributed by atoms with Crippen molar-refractivity contribution >= 4 is 23.4 Å². The molecule has 0 radical (unpaired) electrons. The lowest BCUT2D eigenvalue weighted by Crippen LogP contribution is -2.37. The average molecular weight is 318 g/mol. The van der Waals surface area contributed by atoms with Crippen molar-refractivity contribution in [1.82, 2.24) is 10.6 Å². The number of hydrogen-bond donors (Lipinski definition) is 4. The molecule has 7 heteroatoms. The summed E-state index contributed by atoms with van der Waals surface area (Å²) in [4.78, 5) is 35.2. The van der Waals surface area contributed by atoms with Crippen LogP contribution in [0.2, 0.25) is 0 Å². The van der Waals surface area contributed by atoms with Gasteiger partial charge in [-0.05, 0) is 31.5 Å². The Morgan fingerprint density at radius 2 is 2.04 bits per heavy atom. The van der Waals surface area contributed by atoms with Crippen molar-refractivity contribution in [3.05, 3.63) is 29.8 Å². The Labute approximate surface area is 135 Å². The van der Waals surface area contributed by atoms with Crippen LogP contribution in [0, 0.1) is 5.92 Å². The normalized spacial score (nSPS) is 17.3. The molecule has 5 N–H and O–H groups in total. The van der Waals surface area contributed by atoms with Crippen LogP contribution in [0.25, 0.3) is 0 Å². The zero-order chi connectivity index (χ0) is 16.7. The van der Waals surface area contributed by atoms with Gasteiger partial charge in [-0.2, -0.15) is 0 Å². The van der Waals surface area contributed by atoms with Crippen LogP contribution in [0.1, 0.15) is 29.6 Å². The predicted octanol–water partition coefficient (Wildman–Crippen LogP) is 0.230. The summed E-state index contributed by atoms with van der Waals surface area (Å²) >= 11 is 0. The lowest BCUT2D eigenvalue weighted by molar-refractivity contribution is -0.120. The van der Waals surface area contributed by atoms with Crippen LogP contribution < -0.4 is 21.7 Å². The van der Waals surface area contributed by atoms with E-state index in [1.807, 2.05) is 0 Å². The minimum absolute atomic E-state index is 0.0774. The largest absolute Gasteiger partial charge is 0.370 e. The van der Waals surface area contributed by atoms with E-state index in [-0.39, 0.29) is 30.7 Å². The lowest BCUT2D eigenvalue weighted by atomic mass is 9.98. The topological polar surface area (TPSA) is 113 Å². The molecule has 0 bridgehead atoms. The first-order valence-electron chi connectivity index (χ1n) is 7.75. The molecule has 1 saturated heterocycles. The second-order valence-electron chi connectivity index (χ2n) is 5.55. The molecule has 23 heavy (non-hydrogen) atoms. The van der Waals surface area contributed by atoms with E-state index >= 15 is 0 Å². The lowest BCUT2D eigenvalue weighted by Gasteiger charge is -2.22. The van der Waals surface area contributed by atoms with Crippen LogP contribution in [0.15, 0.2) is 24.3 Å². The Morgan fingerprint density at radius 3 is 2.74 bits per heavy atom. The SMILES string of the molecule is NC(=O)CCNC(=O)c1ccccc1NC(=O)C1CCCNC1. The van der Waals surface area contributed by atoms with Gasteiger partial charge in [-0.3, -0.25) is 14.4 Å². The number of nitrogens with two attached hydrogens (primary N) is 1. The Morgan fingerprint density at radius 1 is 1.26 bits per heavy atom. The van der Waals surface area contributed by atoms with Crippen LogP contribution in [0.4, 0.5) is 5.69 Å². The number of amides is 3. The number of primary amides is 1. The minimum Gasteiger partial charge on any atom is -0.370 e. The van der Waals surface area contributed by atoms with Crippen molar-refractivity contribution in [2.45, 2.75) is 19.3 Å². The first-order chi connectivity index (χ1) is 11.1. The summed E-state index contributed by atoms with van der Waals surface area (Å²) in [6.45, 7) is 1.75. The highest BCUT2D eigenvalue weighted by Crippen LogP contribution is 2.18. The monoisotopic (exact) mass is 318 g/mol. The summed E-state index contributed by atoms with van der Waals surface area (Å²) < 4.78 is 0. The molecular formula is C16H22N4O3. The summed E-state index contributed by atoms with van der Waals surface area (Å²) in [6, 6.07) is 6.81. The summed E-state index contributed by atoms with van der Waals surface area (Å²) in [5.41, 5.74) is 5.88. The molecule has 0 spiro atoms.